The third kappa shape index (κ3) is 4.28. The van der Waals surface area contributed by atoms with Crippen molar-refractivity contribution >= 4 is 15.9 Å². The number of hydrogen-bond acceptors (Lipinski definition) is 6. The zero-order chi connectivity index (χ0) is 22.8. The zero-order valence-corrected chi connectivity index (χ0v) is 17.5. The number of hydrogen-bond donors (Lipinski definition) is 0. The average Bonchev–Trinajstić information content (AvgIpc) is 2.77. The van der Waals surface area contributed by atoms with Crippen molar-refractivity contribution < 1.29 is 17.6 Å². The van der Waals surface area contributed by atoms with Crippen LogP contribution in [-0.4, -0.2) is 58.8 Å². The molecule has 1 saturated heterocycles. The summed E-state index contributed by atoms with van der Waals surface area (Å²) in [5, 5.41) is 9.09. The summed E-state index contributed by atoms with van der Waals surface area (Å²) in [6, 6.07) is 6.76. The number of amides is 1. The number of aromatic nitrogens is 2. The van der Waals surface area contributed by atoms with Gasteiger partial charge in [-0.25, -0.2) is 22.2 Å². The first-order chi connectivity index (χ1) is 14.7. The lowest BCUT2D eigenvalue weighted by atomic mass is 10.3. The topological polar surface area (TPSA) is 125 Å². The number of piperazine rings is 1. The Morgan fingerprint density at radius 3 is 2.39 bits per heavy atom. The normalized spacial score (nSPS) is 14.9. The van der Waals surface area contributed by atoms with E-state index in [0.717, 1.165) is 21.1 Å². The summed E-state index contributed by atoms with van der Waals surface area (Å²) in [5.41, 5.74) is -1.82. The molecule has 0 spiro atoms. The van der Waals surface area contributed by atoms with Crippen LogP contribution in [0.1, 0.15) is 12.5 Å². The van der Waals surface area contributed by atoms with E-state index >= 15 is 0 Å². The molecule has 31 heavy (non-hydrogen) atoms. The van der Waals surface area contributed by atoms with Crippen LogP contribution in [0.3, 0.4) is 0 Å². The average molecular weight is 449 g/mol. The summed E-state index contributed by atoms with van der Waals surface area (Å²) < 4.78 is 42.2. The van der Waals surface area contributed by atoms with Crippen LogP contribution >= 0.6 is 0 Å². The summed E-state index contributed by atoms with van der Waals surface area (Å²) in [5.74, 6) is -1.41. The third-order valence-corrected chi connectivity index (χ3v) is 6.97. The minimum absolute atomic E-state index is 0.0151. The molecule has 0 bridgehead atoms. The Labute approximate surface area is 177 Å². The molecule has 164 valence electrons. The summed E-state index contributed by atoms with van der Waals surface area (Å²) in [7, 11) is -4.06. The molecular formula is C19H20FN5O5S. The van der Waals surface area contributed by atoms with Gasteiger partial charge in [-0.2, -0.15) is 9.57 Å². The number of benzene rings is 1. The van der Waals surface area contributed by atoms with E-state index < -0.39 is 44.4 Å². The quantitative estimate of drug-likeness (QED) is 0.610. The summed E-state index contributed by atoms with van der Waals surface area (Å²) >= 11 is 0. The highest BCUT2D eigenvalue weighted by molar-refractivity contribution is 7.89. The van der Waals surface area contributed by atoms with Gasteiger partial charge in [0, 0.05) is 38.9 Å². The zero-order valence-electron chi connectivity index (χ0n) is 16.7. The van der Waals surface area contributed by atoms with Gasteiger partial charge in [0.2, 0.25) is 15.9 Å². The van der Waals surface area contributed by atoms with Gasteiger partial charge < -0.3 is 4.90 Å². The number of carbonyl (C=O) groups is 1. The number of nitrogens with zero attached hydrogens (tertiary/aromatic N) is 5. The number of halogens is 1. The Morgan fingerprint density at radius 2 is 1.81 bits per heavy atom. The third-order valence-electron chi connectivity index (χ3n) is 5.04. The maximum atomic E-state index is 13.9. The van der Waals surface area contributed by atoms with Crippen LogP contribution in [0.2, 0.25) is 0 Å². The predicted molar refractivity (Wildman–Crippen MR) is 107 cm³/mol. The minimum Gasteiger partial charge on any atom is -0.338 e. The Bertz CT molecular complexity index is 1270. The number of rotatable bonds is 5. The molecular weight excluding hydrogens is 429 g/mol. The first kappa shape index (κ1) is 22.4. The molecule has 0 radical (unpaired) electrons. The second-order valence-electron chi connectivity index (χ2n) is 6.83. The molecule has 0 N–H and O–H groups in total. The molecule has 1 aromatic heterocycles. The maximum absolute atomic E-state index is 13.9. The highest BCUT2D eigenvalue weighted by Gasteiger charge is 2.32. The van der Waals surface area contributed by atoms with Crippen molar-refractivity contribution in [3.63, 3.8) is 0 Å². The minimum atomic E-state index is -4.06. The fourth-order valence-corrected chi connectivity index (χ4v) is 4.79. The largest absolute Gasteiger partial charge is 0.338 e. The summed E-state index contributed by atoms with van der Waals surface area (Å²) in [6.45, 7) is 1.22. The molecule has 0 unspecified atom stereocenters. The van der Waals surface area contributed by atoms with E-state index in [4.69, 9.17) is 5.26 Å². The monoisotopic (exact) mass is 449 g/mol. The highest BCUT2D eigenvalue weighted by atomic mass is 32.2. The molecule has 0 atom stereocenters. The number of aryl methyl sites for hydroxylation is 1. The molecule has 1 amide bonds. The van der Waals surface area contributed by atoms with Crippen molar-refractivity contribution in [1.82, 2.24) is 18.3 Å². The standard InChI is InChI=1S/C19H20FN5O5S/c1-2-22-12-14(11-21)18(27)25(19(22)28)13-17(26)23-7-9-24(10-8-23)31(29,30)16-6-4-3-5-15(16)20/h3-6,12H,2,7-10,13H2,1H3. The predicted octanol–water partition coefficient (Wildman–Crippen LogP) is -0.426. The van der Waals surface area contributed by atoms with Crippen LogP contribution in [0.25, 0.3) is 0 Å². The van der Waals surface area contributed by atoms with Crippen LogP contribution in [0, 0.1) is 17.1 Å². The summed E-state index contributed by atoms with van der Waals surface area (Å²) in [6.07, 6.45) is 1.15. The van der Waals surface area contributed by atoms with Gasteiger partial charge in [-0.3, -0.25) is 14.2 Å². The Kier molecular flexibility index (Phi) is 6.37. The first-order valence-electron chi connectivity index (χ1n) is 9.47. The Balaban J connectivity index is 1.75. The molecule has 2 heterocycles. The number of carbonyl (C=O) groups excluding carboxylic acids is 1. The molecule has 1 aromatic carbocycles. The second-order valence-corrected chi connectivity index (χ2v) is 8.74. The Morgan fingerprint density at radius 1 is 1.16 bits per heavy atom. The van der Waals surface area contributed by atoms with Crippen LogP contribution in [-0.2, 0) is 27.9 Å². The van der Waals surface area contributed by atoms with Crippen molar-refractivity contribution in [3.8, 4) is 6.07 Å². The first-order valence-corrected chi connectivity index (χ1v) is 10.9. The lowest BCUT2D eigenvalue weighted by molar-refractivity contribution is -0.133. The molecule has 1 aliphatic rings. The van der Waals surface area contributed by atoms with Crippen molar-refractivity contribution in [2.75, 3.05) is 26.2 Å². The van der Waals surface area contributed by atoms with E-state index in [1.165, 1.54) is 23.1 Å². The van der Waals surface area contributed by atoms with Gasteiger partial charge in [-0.05, 0) is 19.1 Å². The molecule has 0 saturated carbocycles. The SMILES string of the molecule is CCn1cc(C#N)c(=O)n(CC(=O)N2CCN(S(=O)(=O)c3ccccc3F)CC2)c1=O. The van der Waals surface area contributed by atoms with E-state index in [-0.39, 0.29) is 38.3 Å². The van der Waals surface area contributed by atoms with Gasteiger partial charge >= 0.3 is 5.69 Å². The van der Waals surface area contributed by atoms with Crippen LogP contribution in [0.4, 0.5) is 4.39 Å². The molecule has 1 fully saturated rings. The van der Waals surface area contributed by atoms with E-state index in [2.05, 4.69) is 0 Å². The lowest BCUT2D eigenvalue weighted by Gasteiger charge is -2.34. The molecule has 12 heteroatoms. The second kappa shape index (κ2) is 8.83. The number of nitriles is 1. The van der Waals surface area contributed by atoms with Gasteiger partial charge in [-0.1, -0.05) is 12.1 Å². The molecule has 10 nitrogen and oxygen atoms in total. The molecule has 0 aliphatic carbocycles. The Hall–Kier alpha value is -3.30. The smallest absolute Gasteiger partial charge is 0.331 e. The van der Waals surface area contributed by atoms with Crippen LogP contribution in [0.5, 0.6) is 0 Å². The van der Waals surface area contributed by atoms with Gasteiger partial charge in [0.25, 0.3) is 5.56 Å². The van der Waals surface area contributed by atoms with Gasteiger partial charge in [0.1, 0.15) is 28.9 Å². The van der Waals surface area contributed by atoms with E-state index in [0.29, 0.717) is 4.57 Å². The van der Waals surface area contributed by atoms with Crippen molar-refractivity contribution in [3.05, 3.63) is 62.7 Å². The van der Waals surface area contributed by atoms with E-state index in [1.807, 2.05) is 0 Å². The fraction of sp³-hybridized carbons (Fsp3) is 0.368. The van der Waals surface area contributed by atoms with Crippen LogP contribution in [0.15, 0.2) is 44.9 Å². The number of sulfonamides is 1. The highest BCUT2D eigenvalue weighted by Crippen LogP contribution is 2.20. The molecule has 2 aromatic rings. The van der Waals surface area contributed by atoms with Crippen LogP contribution < -0.4 is 11.2 Å². The maximum Gasteiger partial charge on any atom is 0.331 e. The fourth-order valence-electron chi connectivity index (χ4n) is 3.30. The molecule has 3 rings (SSSR count). The van der Waals surface area contributed by atoms with Crippen molar-refractivity contribution in [2.45, 2.75) is 24.9 Å². The van der Waals surface area contributed by atoms with E-state index in [9.17, 15) is 27.2 Å². The van der Waals surface area contributed by atoms with Gasteiger partial charge in [-0.15, -0.1) is 0 Å². The lowest BCUT2D eigenvalue weighted by Crippen LogP contribution is -2.52. The van der Waals surface area contributed by atoms with Crippen molar-refractivity contribution in [2.24, 2.45) is 0 Å². The molecule has 1 aliphatic heterocycles. The van der Waals surface area contributed by atoms with E-state index in [1.54, 1.807) is 13.0 Å². The van der Waals surface area contributed by atoms with Gasteiger partial charge in [0.05, 0.1) is 0 Å². The van der Waals surface area contributed by atoms with Crippen molar-refractivity contribution in [1.29, 1.82) is 5.26 Å². The van der Waals surface area contributed by atoms with Gasteiger partial charge in [0.15, 0.2) is 0 Å². The summed E-state index contributed by atoms with van der Waals surface area (Å²) in [4.78, 5) is 38.3.